The van der Waals surface area contributed by atoms with Crippen LogP contribution in [0, 0.1) is 11.3 Å². The molecule has 0 aromatic heterocycles. The van der Waals surface area contributed by atoms with Crippen LogP contribution in [0.2, 0.25) is 0 Å². The van der Waals surface area contributed by atoms with Crippen molar-refractivity contribution in [2.24, 2.45) is 17.1 Å². The Kier molecular flexibility index (Phi) is 2.89. The molecule has 1 nitrogen and oxygen atoms in total. The van der Waals surface area contributed by atoms with Gasteiger partial charge >= 0.3 is 0 Å². The van der Waals surface area contributed by atoms with Gasteiger partial charge in [-0.1, -0.05) is 12.8 Å². The van der Waals surface area contributed by atoms with Crippen molar-refractivity contribution >= 4 is 12.4 Å². The van der Waals surface area contributed by atoms with Crippen molar-refractivity contribution < 1.29 is 8.78 Å². The molecule has 0 aromatic carbocycles. The Hall–Kier alpha value is 0.110. The SMILES string of the molecule is Cl.NCCC12CCCCC1C2(F)F. The Morgan fingerprint density at radius 1 is 1.31 bits per heavy atom. The third-order valence-electron chi connectivity index (χ3n) is 3.64. The van der Waals surface area contributed by atoms with Gasteiger partial charge in [-0.15, -0.1) is 12.4 Å². The monoisotopic (exact) mass is 211 g/mol. The lowest BCUT2D eigenvalue weighted by atomic mass is 9.86. The van der Waals surface area contributed by atoms with Gasteiger partial charge in [0.2, 0.25) is 0 Å². The number of alkyl halides is 2. The fourth-order valence-corrected chi connectivity index (χ4v) is 2.90. The topological polar surface area (TPSA) is 26.0 Å². The number of hydrogen-bond donors (Lipinski definition) is 1. The molecule has 0 radical (unpaired) electrons. The second-order valence-electron chi connectivity index (χ2n) is 4.12. The van der Waals surface area contributed by atoms with E-state index < -0.39 is 11.3 Å². The smallest absolute Gasteiger partial charge is 0.257 e. The lowest BCUT2D eigenvalue weighted by Crippen LogP contribution is -2.18. The Bertz CT molecular complexity index is 194. The fourth-order valence-electron chi connectivity index (χ4n) is 2.90. The Labute approximate surface area is 83.5 Å². The third kappa shape index (κ3) is 1.28. The van der Waals surface area contributed by atoms with E-state index in [0.717, 1.165) is 12.8 Å². The molecule has 0 bridgehead atoms. The fraction of sp³-hybridized carbons (Fsp3) is 1.00. The van der Waals surface area contributed by atoms with Gasteiger partial charge < -0.3 is 5.73 Å². The van der Waals surface area contributed by atoms with Crippen molar-refractivity contribution in [3.63, 3.8) is 0 Å². The standard InChI is InChI=1S/C9H15F2N.ClH/c10-9(11)7-3-1-2-4-8(7,9)5-6-12;/h7H,1-6,12H2;1H. The van der Waals surface area contributed by atoms with Gasteiger partial charge in [0.05, 0.1) is 0 Å². The van der Waals surface area contributed by atoms with Crippen LogP contribution in [0.1, 0.15) is 32.1 Å². The minimum Gasteiger partial charge on any atom is -0.330 e. The van der Waals surface area contributed by atoms with Crippen LogP contribution in [0.5, 0.6) is 0 Å². The largest absolute Gasteiger partial charge is 0.330 e. The first-order valence-corrected chi connectivity index (χ1v) is 4.73. The third-order valence-corrected chi connectivity index (χ3v) is 3.64. The zero-order valence-corrected chi connectivity index (χ0v) is 8.38. The maximum Gasteiger partial charge on any atom is 0.257 e. The van der Waals surface area contributed by atoms with Crippen LogP contribution in [0.3, 0.4) is 0 Å². The molecule has 2 saturated carbocycles. The quantitative estimate of drug-likeness (QED) is 0.747. The highest BCUT2D eigenvalue weighted by Crippen LogP contribution is 2.73. The number of halogens is 3. The molecule has 2 unspecified atom stereocenters. The van der Waals surface area contributed by atoms with E-state index in [4.69, 9.17) is 5.73 Å². The van der Waals surface area contributed by atoms with Crippen LogP contribution < -0.4 is 5.73 Å². The van der Waals surface area contributed by atoms with E-state index in [9.17, 15) is 8.78 Å². The van der Waals surface area contributed by atoms with Crippen molar-refractivity contribution in [2.45, 2.75) is 38.0 Å². The summed E-state index contributed by atoms with van der Waals surface area (Å²) in [5.74, 6) is -2.72. The van der Waals surface area contributed by atoms with Gasteiger partial charge in [0.15, 0.2) is 0 Å². The minimum absolute atomic E-state index is 0. The molecular formula is C9H16ClF2N. The van der Waals surface area contributed by atoms with Crippen LogP contribution >= 0.6 is 12.4 Å². The summed E-state index contributed by atoms with van der Waals surface area (Å²) >= 11 is 0. The van der Waals surface area contributed by atoms with E-state index in [2.05, 4.69) is 0 Å². The lowest BCUT2D eigenvalue weighted by Gasteiger charge is -2.18. The van der Waals surface area contributed by atoms with Crippen LogP contribution in [0.4, 0.5) is 8.78 Å². The second kappa shape index (κ2) is 3.35. The molecule has 13 heavy (non-hydrogen) atoms. The van der Waals surface area contributed by atoms with Gasteiger partial charge in [-0.3, -0.25) is 0 Å². The number of fused-ring (bicyclic) bond motifs is 1. The van der Waals surface area contributed by atoms with E-state index in [1.165, 1.54) is 0 Å². The molecule has 2 atom stereocenters. The van der Waals surface area contributed by atoms with Crippen molar-refractivity contribution in [3.05, 3.63) is 0 Å². The molecule has 0 amide bonds. The molecule has 0 heterocycles. The van der Waals surface area contributed by atoms with Gasteiger partial charge in [-0.05, 0) is 25.8 Å². The van der Waals surface area contributed by atoms with Crippen LogP contribution in [0.25, 0.3) is 0 Å². The zero-order chi connectivity index (χ0) is 8.82. The summed E-state index contributed by atoms with van der Waals surface area (Å²) in [5.41, 5.74) is 4.69. The van der Waals surface area contributed by atoms with Gasteiger partial charge in [0.25, 0.3) is 5.92 Å². The lowest BCUT2D eigenvalue weighted by molar-refractivity contribution is 0.0542. The first-order valence-electron chi connectivity index (χ1n) is 4.73. The van der Waals surface area contributed by atoms with Gasteiger partial charge in [-0.2, -0.15) is 0 Å². The van der Waals surface area contributed by atoms with Crippen molar-refractivity contribution in [3.8, 4) is 0 Å². The molecule has 0 saturated heterocycles. The summed E-state index contributed by atoms with van der Waals surface area (Å²) in [7, 11) is 0. The number of hydrogen-bond acceptors (Lipinski definition) is 1. The van der Waals surface area contributed by atoms with Crippen molar-refractivity contribution in [1.29, 1.82) is 0 Å². The van der Waals surface area contributed by atoms with Crippen molar-refractivity contribution in [2.75, 3.05) is 6.54 Å². The summed E-state index contributed by atoms with van der Waals surface area (Å²) in [4.78, 5) is 0. The Balaban J connectivity index is 0.000000845. The second-order valence-corrected chi connectivity index (χ2v) is 4.12. The summed E-state index contributed by atoms with van der Waals surface area (Å²) in [6.07, 6.45) is 3.87. The van der Waals surface area contributed by atoms with Crippen molar-refractivity contribution in [1.82, 2.24) is 0 Å². The molecule has 2 aliphatic rings. The molecule has 78 valence electrons. The van der Waals surface area contributed by atoms with E-state index in [1.54, 1.807) is 0 Å². The van der Waals surface area contributed by atoms with Gasteiger partial charge in [0, 0.05) is 11.3 Å². The van der Waals surface area contributed by atoms with E-state index in [-0.39, 0.29) is 18.3 Å². The summed E-state index contributed by atoms with van der Waals surface area (Å²) in [6, 6.07) is 0. The summed E-state index contributed by atoms with van der Waals surface area (Å²) in [6.45, 7) is 0.409. The average molecular weight is 212 g/mol. The predicted octanol–water partition coefficient (Wildman–Crippen LogP) is 2.58. The Morgan fingerprint density at radius 3 is 2.54 bits per heavy atom. The highest BCUT2D eigenvalue weighted by Gasteiger charge is 2.78. The Morgan fingerprint density at radius 2 is 2.00 bits per heavy atom. The first-order chi connectivity index (χ1) is 5.65. The molecule has 4 heteroatoms. The summed E-state index contributed by atoms with van der Waals surface area (Å²) < 4.78 is 26.6. The molecule has 0 aliphatic heterocycles. The van der Waals surface area contributed by atoms with Crippen LogP contribution in [0.15, 0.2) is 0 Å². The zero-order valence-electron chi connectivity index (χ0n) is 7.56. The molecule has 2 rings (SSSR count). The summed E-state index contributed by atoms with van der Waals surface area (Å²) in [5, 5.41) is 0. The number of rotatable bonds is 2. The molecule has 2 fully saturated rings. The normalized spacial score (nSPS) is 40.4. The maximum absolute atomic E-state index is 13.3. The van der Waals surface area contributed by atoms with E-state index >= 15 is 0 Å². The molecule has 0 spiro atoms. The first kappa shape index (κ1) is 11.2. The highest BCUT2D eigenvalue weighted by molar-refractivity contribution is 5.85. The molecular weight excluding hydrogens is 196 g/mol. The van der Waals surface area contributed by atoms with Gasteiger partial charge in [-0.25, -0.2) is 8.78 Å². The average Bonchev–Trinajstić information content (AvgIpc) is 2.51. The maximum atomic E-state index is 13.3. The van der Waals surface area contributed by atoms with Gasteiger partial charge in [0.1, 0.15) is 0 Å². The minimum atomic E-state index is -2.39. The highest BCUT2D eigenvalue weighted by atomic mass is 35.5. The van der Waals surface area contributed by atoms with Crippen LogP contribution in [-0.2, 0) is 0 Å². The van der Waals surface area contributed by atoms with Crippen LogP contribution in [-0.4, -0.2) is 12.5 Å². The molecule has 2 N–H and O–H groups in total. The molecule has 0 aromatic rings. The number of nitrogens with two attached hydrogens (primary N) is 1. The van der Waals surface area contributed by atoms with E-state index in [1.807, 2.05) is 0 Å². The van der Waals surface area contributed by atoms with E-state index in [0.29, 0.717) is 25.8 Å². The predicted molar refractivity (Wildman–Crippen MR) is 50.3 cm³/mol. The molecule has 2 aliphatic carbocycles.